The number of rotatable bonds is 6. The van der Waals surface area contributed by atoms with Crippen LogP contribution in [-0.2, 0) is 4.74 Å². The fourth-order valence-electron chi connectivity index (χ4n) is 2.90. The van der Waals surface area contributed by atoms with Gasteiger partial charge < -0.3 is 19.6 Å². The Kier molecular flexibility index (Phi) is 6.24. The average Bonchev–Trinajstić information content (AvgIpc) is 3.08. The van der Waals surface area contributed by atoms with Gasteiger partial charge in [0.15, 0.2) is 5.13 Å². The molecule has 2 aromatic rings. The Morgan fingerprint density at radius 1 is 1.35 bits per heavy atom. The predicted octanol–water partition coefficient (Wildman–Crippen LogP) is 2.48. The van der Waals surface area contributed by atoms with Crippen molar-refractivity contribution in [3.8, 4) is 0 Å². The highest BCUT2D eigenvalue weighted by Gasteiger charge is 2.23. The molecule has 0 aliphatic carbocycles. The second-order valence-electron chi connectivity index (χ2n) is 6.45. The highest BCUT2D eigenvalue weighted by Crippen LogP contribution is 2.28. The van der Waals surface area contributed by atoms with Gasteiger partial charge in [0.25, 0.3) is 5.91 Å². The van der Waals surface area contributed by atoms with Crippen LogP contribution in [0, 0.1) is 6.92 Å². The molecule has 1 atom stereocenters. The van der Waals surface area contributed by atoms with E-state index in [1.54, 1.807) is 11.9 Å². The Bertz CT molecular complexity index is 729. The summed E-state index contributed by atoms with van der Waals surface area (Å²) in [6.45, 7) is 5.36. The van der Waals surface area contributed by atoms with Gasteiger partial charge in [-0.1, -0.05) is 41.7 Å². The third-order valence-corrected chi connectivity index (χ3v) is 5.74. The average molecular weight is 375 g/mol. The number of carbonyl (C=O) groups excluding carboxylic acids is 1. The zero-order valence-electron chi connectivity index (χ0n) is 15.2. The first-order chi connectivity index (χ1) is 12.6. The number of aliphatic hydroxyl groups excluding tert-OH is 1. The van der Waals surface area contributed by atoms with Crippen LogP contribution in [0.3, 0.4) is 0 Å². The lowest BCUT2D eigenvalue weighted by molar-refractivity contribution is 0.0765. The van der Waals surface area contributed by atoms with Gasteiger partial charge in [-0.3, -0.25) is 4.79 Å². The van der Waals surface area contributed by atoms with Crippen LogP contribution in [0.4, 0.5) is 5.13 Å². The van der Waals surface area contributed by atoms with Crippen LogP contribution in [0.15, 0.2) is 30.3 Å². The Labute approximate surface area is 158 Å². The lowest BCUT2D eigenvalue weighted by Crippen LogP contribution is -2.36. The first-order valence-corrected chi connectivity index (χ1v) is 9.66. The minimum atomic E-state index is -0.571. The summed E-state index contributed by atoms with van der Waals surface area (Å²) in [6, 6.07) is 9.52. The zero-order chi connectivity index (χ0) is 18.5. The van der Waals surface area contributed by atoms with Gasteiger partial charge >= 0.3 is 0 Å². The van der Waals surface area contributed by atoms with Gasteiger partial charge in [0, 0.05) is 26.7 Å². The van der Waals surface area contributed by atoms with Crippen molar-refractivity contribution >= 4 is 22.4 Å². The van der Waals surface area contributed by atoms with Crippen LogP contribution in [-0.4, -0.2) is 60.8 Å². The van der Waals surface area contributed by atoms with Gasteiger partial charge in [-0.2, -0.15) is 0 Å². The summed E-state index contributed by atoms with van der Waals surface area (Å²) < 4.78 is 5.37. The smallest absolute Gasteiger partial charge is 0.265 e. The van der Waals surface area contributed by atoms with Crippen molar-refractivity contribution in [3.05, 3.63) is 46.5 Å². The Balaban J connectivity index is 1.60. The van der Waals surface area contributed by atoms with Gasteiger partial charge in [0.1, 0.15) is 4.88 Å². The molecule has 26 heavy (non-hydrogen) atoms. The maximum absolute atomic E-state index is 12.8. The normalized spacial score (nSPS) is 15.7. The number of thiazole rings is 1. The molecule has 1 amide bonds. The number of hydrogen-bond acceptors (Lipinski definition) is 6. The quantitative estimate of drug-likeness (QED) is 0.840. The van der Waals surface area contributed by atoms with Crippen molar-refractivity contribution in [2.75, 3.05) is 44.8 Å². The van der Waals surface area contributed by atoms with Crippen molar-refractivity contribution in [1.82, 2.24) is 9.88 Å². The summed E-state index contributed by atoms with van der Waals surface area (Å²) in [7, 11) is 1.77. The van der Waals surface area contributed by atoms with E-state index in [-0.39, 0.29) is 5.91 Å². The molecule has 7 heteroatoms. The third kappa shape index (κ3) is 4.41. The summed E-state index contributed by atoms with van der Waals surface area (Å²) in [4.78, 5) is 21.9. The molecule has 0 radical (unpaired) electrons. The fraction of sp³-hybridized carbons (Fsp3) is 0.474. The highest BCUT2D eigenvalue weighted by molar-refractivity contribution is 7.17. The van der Waals surface area contributed by atoms with E-state index in [1.807, 2.05) is 37.3 Å². The molecule has 2 heterocycles. The summed E-state index contributed by atoms with van der Waals surface area (Å²) in [6.07, 6.45) is -0.0709. The van der Waals surface area contributed by atoms with Crippen LogP contribution in [0.5, 0.6) is 0 Å². The SMILES string of the molecule is Cc1nc(N2CCOCC2)sc1C(=O)N(C)CCC(O)c1ccccc1. The molecule has 1 unspecified atom stereocenters. The summed E-state index contributed by atoms with van der Waals surface area (Å²) in [5, 5.41) is 11.2. The van der Waals surface area contributed by atoms with Gasteiger partial charge in [0.05, 0.1) is 25.0 Å². The van der Waals surface area contributed by atoms with Gasteiger partial charge in [-0.25, -0.2) is 4.98 Å². The van der Waals surface area contributed by atoms with Crippen molar-refractivity contribution in [2.45, 2.75) is 19.4 Å². The van der Waals surface area contributed by atoms with E-state index in [0.29, 0.717) is 31.1 Å². The lowest BCUT2D eigenvalue weighted by Gasteiger charge is -2.26. The molecular weight excluding hydrogens is 350 g/mol. The number of nitrogens with zero attached hydrogens (tertiary/aromatic N) is 3. The molecule has 6 nitrogen and oxygen atoms in total. The minimum Gasteiger partial charge on any atom is -0.388 e. The van der Waals surface area contributed by atoms with Crippen LogP contribution < -0.4 is 4.90 Å². The van der Waals surface area contributed by atoms with Crippen molar-refractivity contribution in [2.24, 2.45) is 0 Å². The number of morpholine rings is 1. The maximum Gasteiger partial charge on any atom is 0.265 e. The van der Waals surface area contributed by atoms with E-state index in [0.717, 1.165) is 29.5 Å². The van der Waals surface area contributed by atoms with Crippen molar-refractivity contribution < 1.29 is 14.6 Å². The second kappa shape index (κ2) is 8.62. The number of aliphatic hydroxyl groups is 1. The number of carbonyl (C=O) groups is 1. The number of aromatic nitrogens is 1. The first kappa shape index (κ1) is 18.8. The van der Waals surface area contributed by atoms with Crippen molar-refractivity contribution in [3.63, 3.8) is 0 Å². The lowest BCUT2D eigenvalue weighted by atomic mass is 10.1. The number of anilines is 1. The molecule has 0 bridgehead atoms. The molecule has 1 aliphatic rings. The molecule has 3 rings (SSSR count). The Hall–Kier alpha value is -1.96. The number of aryl methyl sites for hydroxylation is 1. The van der Waals surface area contributed by atoms with E-state index in [9.17, 15) is 9.90 Å². The zero-order valence-corrected chi connectivity index (χ0v) is 16.0. The van der Waals surface area contributed by atoms with E-state index >= 15 is 0 Å². The van der Waals surface area contributed by atoms with E-state index < -0.39 is 6.10 Å². The molecular formula is C19H25N3O3S. The second-order valence-corrected chi connectivity index (χ2v) is 7.43. The topological polar surface area (TPSA) is 65.9 Å². The molecule has 1 N–H and O–H groups in total. The number of benzene rings is 1. The highest BCUT2D eigenvalue weighted by atomic mass is 32.1. The van der Waals surface area contributed by atoms with Gasteiger partial charge in [0.2, 0.25) is 0 Å². The van der Waals surface area contributed by atoms with E-state index in [1.165, 1.54) is 11.3 Å². The molecule has 0 spiro atoms. The van der Waals surface area contributed by atoms with Crippen LogP contribution >= 0.6 is 11.3 Å². The fourth-order valence-corrected chi connectivity index (χ4v) is 4.02. The molecule has 1 fully saturated rings. The molecule has 140 valence electrons. The molecule has 1 aromatic heterocycles. The number of ether oxygens (including phenoxy) is 1. The van der Waals surface area contributed by atoms with E-state index in [4.69, 9.17) is 4.74 Å². The number of hydrogen-bond donors (Lipinski definition) is 1. The Morgan fingerprint density at radius 3 is 2.73 bits per heavy atom. The van der Waals surface area contributed by atoms with Gasteiger partial charge in [-0.15, -0.1) is 0 Å². The maximum atomic E-state index is 12.8. The molecule has 1 aliphatic heterocycles. The minimum absolute atomic E-state index is 0.0419. The third-order valence-electron chi connectivity index (χ3n) is 4.53. The molecule has 1 saturated heterocycles. The Morgan fingerprint density at radius 2 is 2.04 bits per heavy atom. The van der Waals surface area contributed by atoms with Gasteiger partial charge in [-0.05, 0) is 18.9 Å². The summed E-state index contributed by atoms with van der Waals surface area (Å²) in [5.41, 5.74) is 1.63. The summed E-state index contributed by atoms with van der Waals surface area (Å²) >= 11 is 1.44. The standard InChI is InChI=1S/C19H25N3O3S/c1-14-17(26-19(20-14)22-10-12-25-13-11-22)18(24)21(2)9-8-16(23)15-6-4-3-5-7-15/h3-7,16,23H,8-13H2,1-2H3. The number of amides is 1. The van der Waals surface area contributed by atoms with Crippen LogP contribution in [0.1, 0.15) is 33.5 Å². The summed E-state index contributed by atoms with van der Waals surface area (Å²) in [5.74, 6) is -0.0419. The largest absolute Gasteiger partial charge is 0.388 e. The van der Waals surface area contributed by atoms with Crippen LogP contribution in [0.25, 0.3) is 0 Å². The predicted molar refractivity (Wildman–Crippen MR) is 103 cm³/mol. The van der Waals surface area contributed by atoms with E-state index in [2.05, 4.69) is 9.88 Å². The van der Waals surface area contributed by atoms with Crippen LogP contribution in [0.2, 0.25) is 0 Å². The molecule has 1 aromatic carbocycles. The van der Waals surface area contributed by atoms with Crippen molar-refractivity contribution in [1.29, 1.82) is 0 Å². The molecule has 0 saturated carbocycles. The monoisotopic (exact) mass is 375 g/mol. The first-order valence-electron chi connectivity index (χ1n) is 8.85.